The predicted molar refractivity (Wildman–Crippen MR) is 73.8 cm³/mol. The number of anilines is 1. The van der Waals surface area contributed by atoms with Crippen molar-refractivity contribution in [3.8, 4) is 0 Å². The van der Waals surface area contributed by atoms with Crippen molar-refractivity contribution in [3.05, 3.63) is 21.9 Å². The van der Waals surface area contributed by atoms with Crippen molar-refractivity contribution in [2.24, 2.45) is 5.92 Å². The zero-order valence-electron chi connectivity index (χ0n) is 9.57. The third-order valence-corrected chi connectivity index (χ3v) is 4.49. The lowest BCUT2D eigenvalue weighted by atomic mass is 10.2. The molecule has 0 aliphatic carbocycles. The molecule has 0 spiro atoms. The summed E-state index contributed by atoms with van der Waals surface area (Å²) in [5.74, 6) is 0.451. The van der Waals surface area contributed by atoms with Crippen LogP contribution in [0, 0.1) is 5.92 Å². The van der Waals surface area contributed by atoms with E-state index in [1.807, 2.05) is 13.8 Å². The van der Waals surface area contributed by atoms with Crippen LogP contribution in [0.5, 0.6) is 0 Å². The molecule has 0 aromatic carbocycles. The van der Waals surface area contributed by atoms with Crippen LogP contribution in [0.15, 0.2) is 16.7 Å². The molecule has 17 heavy (non-hydrogen) atoms. The summed E-state index contributed by atoms with van der Waals surface area (Å²) in [4.78, 5) is 3.85. The minimum atomic E-state index is -3.31. The Morgan fingerprint density at radius 3 is 2.71 bits per heavy atom. The fourth-order valence-electron chi connectivity index (χ4n) is 1.10. The van der Waals surface area contributed by atoms with Gasteiger partial charge in [-0.3, -0.25) is 4.72 Å². The average molecular weight is 342 g/mol. The molecule has 0 saturated heterocycles. The van der Waals surface area contributed by atoms with Crippen molar-refractivity contribution in [3.63, 3.8) is 0 Å². The maximum atomic E-state index is 11.7. The Morgan fingerprint density at radius 1 is 1.53 bits per heavy atom. The highest BCUT2D eigenvalue weighted by molar-refractivity contribution is 9.10. The highest BCUT2D eigenvalue weighted by Gasteiger charge is 2.12. The number of sulfonamides is 1. The van der Waals surface area contributed by atoms with Gasteiger partial charge in [-0.25, -0.2) is 13.4 Å². The van der Waals surface area contributed by atoms with Gasteiger partial charge in [-0.1, -0.05) is 25.4 Å². The molecule has 1 aromatic heterocycles. The van der Waals surface area contributed by atoms with Gasteiger partial charge in [0.15, 0.2) is 0 Å². The van der Waals surface area contributed by atoms with Crippen molar-refractivity contribution in [1.29, 1.82) is 0 Å². The lowest BCUT2D eigenvalue weighted by molar-refractivity contribution is 0.578. The van der Waals surface area contributed by atoms with Gasteiger partial charge in [0.25, 0.3) is 0 Å². The van der Waals surface area contributed by atoms with E-state index in [1.165, 1.54) is 6.20 Å². The maximum Gasteiger partial charge on any atom is 0.232 e. The van der Waals surface area contributed by atoms with Crippen molar-refractivity contribution < 1.29 is 8.42 Å². The van der Waals surface area contributed by atoms with Crippen molar-refractivity contribution in [2.45, 2.75) is 20.3 Å². The predicted octanol–water partition coefficient (Wildman–Crippen LogP) is 3.29. The monoisotopic (exact) mass is 340 g/mol. The highest BCUT2D eigenvalue weighted by Crippen LogP contribution is 2.23. The zero-order chi connectivity index (χ0) is 13.1. The average Bonchev–Trinajstić information content (AvgIpc) is 2.21. The van der Waals surface area contributed by atoms with E-state index in [0.29, 0.717) is 27.7 Å². The molecule has 1 N–H and O–H groups in total. The van der Waals surface area contributed by atoms with Gasteiger partial charge in [0.1, 0.15) is 5.15 Å². The van der Waals surface area contributed by atoms with Gasteiger partial charge in [0, 0.05) is 0 Å². The molecule has 0 atom stereocenters. The molecular formula is C10H14BrClN2O2S. The summed E-state index contributed by atoms with van der Waals surface area (Å²) >= 11 is 8.91. The molecule has 0 radical (unpaired) electrons. The fourth-order valence-corrected chi connectivity index (χ4v) is 2.91. The second-order valence-electron chi connectivity index (χ2n) is 4.10. The zero-order valence-corrected chi connectivity index (χ0v) is 12.7. The summed E-state index contributed by atoms with van der Waals surface area (Å²) in [6.45, 7) is 3.96. The van der Waals surface area contributed by atoms with Crippen molar-refractivity contribution >= 4 is 43.2 Å². The number of hydrogen-bond acceptors (Lipinski definition) is 3. The van der Waals surface area contributed by atoms with Gasteiger partial charge in [0.2, 0.25) is 10.0 Å². The summed E-state index contributed by atoms with van der Waals surface area (Å²) in [7, 11) is -3.31. The third-order valence-electron chi connectivity index (χ3n) is 2.03. The molecule has 0 aliphatic rings. The van der Waals surface area contributed by atoms with Crippen molar-refractivity contribution in [2.75, 3.05) is 10.5 Å². The van der Waals surface area contributed by atoms with Crippen LogP contribution < -0.4 is 4.72 Å². The van der Waals surface area contributed by atoms with E-state index in [4.69, 9.17) is 11.6 Å². The molecule has 0 unspecified atom stereocenters. The second-order valence-corrected chi connectivity index (χ2v) is 7.15. The van der Waals surface area contributed by atoms with Gasteiger partial charge >= 0.3 is 0 Å². The second kappa shape index (κ2) is 6.02. The number of halogens is 2. The number of rotatable bonds is 5. The van der Waals surface area contributed by atoms with Crippen LogP contribution in [0.4, 0.5) is 5.69 Å². The molecule has 1 heterocycles. The number of nitrogens with one attached hydrogen (secondary N) is 1. The van der Waals surface area contributed by atoms with E-state index >= 15 is 0 Å². The highest BCUT2D eigenvalue weighted by atomic mass is 79.9. The first-order valence-corrected chi connectivity index (χ1v) is 7.94. The Balaban J connectivity index is 2.73. The molecule has 7 heteroatoms. The van der Waals surface area contributed by atoms with E-state index < -0.39 is 10.0 Å². The Kier molecular flexibility index (Phi) is 5.22. The number of pyridine rings is 1. The number of hydrogen-bond donors (Lipinski definition) is 1. The number of nitrogens with zero attached hydrogens (tertiary/aromatic N) is 1. The van der Waals surface area contributed by atoms with Crippen LogP contribution in [-0.2, 0) is 10.0 Å². The molecule has 96 valence electrons. The summed E-state index contributed by atoms with van der Waals surface area (Å²) in [5.41, 5.74) is 0.407. The molecule has 0 bridgehead atoms. The fraction of sp³-hybridized carbons (Fsp3) is 0.500. The lowest BCUT2D eigenvalue weighted by Gasteiger charge is -2.09. The molecule has 0 aliphatic heterocycles. The minimum absolute atomic E-state index is 0.102. The summed E-state index contributed by atoms with van der Waals surface area (Å²) in [5, 5.41) is 0.301. The van der Waals surface area contributed by atoms with Crippen LogP contribution in [0.2, 0.25) is 5.15 Å². The first kappa shape index (κ1) is 14.7. The molecular weight excluding hydrogens is 328 g/mol. The van der Waals surface area contributed by atoms with E-state index in [9.17, 15) is 8.42 Å². The molecule has 0 saturated carbocycles. The van der Waals surface area contributed by atoms with Crippen LogP contribution in [0.1, 0.15) is 20.3 Å². The standard InChI is InChI=1S/C10H14BrClN2O2S/c1-7(2)3-4-17(15,16)14-8-5-9(11)10(12)13-6-8/h5-7,14H,3-4H2,1-2H3. The third kappa shape index (κ3) is 5.23. The van der Waals surface area contributed by atoms with Crippen LogP contribution >= 0.6 is 27.5 Å². The smallest absolute Gasteiger partial charge is 0.232 e. The van der Waals surface area contributed by atoms with Gasteiger partial charge < -0.3 is 0 Å². The number of aromatic nitrogens is 1. The molecule has 0 fully saturated rings. The Hall–Kier alpha value is -0.330. The molecule has 0 amide bonds. The molecule has 1 rings (SSSR count). The first-order chi connectivity index (χ1) is 7.80. The van der Waals surface area contributed by atoms with Gasteiger partial charge in [-0.2, -0.15) is 0 Å². The van der Waals surface area contributed by atoms with E-state index in [1.54, 1.807) is 6.07 Å². The van der Waals surface area contributed by atoms with Crippen LogP contribution in [0.3, 0.4) is 0 Å². The summed E-state index contributed by atoms with van der Waals surface area (Å²) in [6.07, 6.45) is 2.01. The van der Waals surface area contributed by atoms with Gasteiger partial charge in [-0.15, -0.1) is 0 Å². The largest absolute Gasteiger partial charge is 0.282 e. The topological polar surface area (TPSA) is 59.1 Å². The minimum Gasteiger partial charge on any atom is -0.282 e. The normalized spacial score (nSPS) is 11.8. The van der Waals surface area contributed by atoms with Gasteiger partial charge in [0.05, 0.1) is 22.1 Å². The van der Waals surface area contributed by atoms with Crippen LogP contribution in [-0.4, -0.2) is 19.2 Å². The Morgan fingerprint density at radius 2 is 2.18 bits per heavy atom. The van der Waals surface area contributed by atoms with Gasteiger partial charge in [-0.05, 0) is 34.3 Å². The molecule has 1 aromatic rings. The van der Waals surface area contributed by atoms with E-state index in [2.05, 4.69) is 25.6 Å². The summed E-state index contributed by atoms with van der Waals surface area (Å²) in [6, 6.07) is 1.59. The van der Waals surface area contributed by atoms with Crippen LogP contribution in [0.25, 0.3) is 0 Å². The lowest BCUT2D eigenvalue weighted by Crippen LogP contribution is -2.18. The quantitative estimate of drug-likeness (QED) is 0.836. The van der Waals surface area contributed by atoms with Crippen molar-refractivity contribution in [1.82, 2.24) is 4.98 Å². The van der Waals surface area contributed by atoms with E-state index in [-0.39, 0.29) is 5.75 Å². The first-order valence-electron chi connectivity index (χ1n) is 5.11. The molecule has 4 nitrogen and oxygen atoms in total. The SMILES string of the molecule is CC(C)CCS(=O)(=O)Nc1cnc(Cl)c(Br)c1. The maximum absolute atomic E-state index is 11.7. The van der Waals surface area contributed by atoms with E-state index in [0.717, 1.165) is 0 Å². The Labute approximate surface area is 115 Å². The summed E-state index contributed by atoms with van der Waals surface area (Å²) < 4.78 is 26.4. The Bertz CT molecular complexity index is 491.